The largest absolute Gasteiger partial charge is 0.444 e. The summed E-state index contributed by atoms with van der Waals surface area (Å²) in [6.45, 7) is 7.91. The van der Waals surface area contributed by atoms with Gasteiger partial charge in [-0.1, -0.05) is 19.3 Å². The highest BCUT2D eigenvalue weighted by atomic mass is 16.6. The Labute approximate surface area is 116 Å². The minimum absolute atomic E-state index is 0.249. The van der Waals surface area contributed by atoms with Crippen molar-refractivity contribution in [1.82, 2.24) is 10.6 Å². The molecule has 2 aliphatic rings. The Balaban J connectivity index is 1.60. The van der Waals surface area contributed by atoms with Crippen LogP contribution in [0.4, 0.5) is 4.79 Å². The molecule has 2 rings (SSSR count). The van der Waals surface area contributed by atoms with Crippen LogP contribution in [0, 0.1) is 5.92 Å². The molecule has 2 fully saturated rings. The number of alkyl carbamates (subject to hydrolysis) is 1. The van der Waals surface area contributed by atoms with Crippen LogP contribution in [0.15, 0.2) is 0 Å². The van der Waals surface area contributed by atoms with Crippen molar-refractivity contribution in [3.8, 4) is 0 Å². The second kappa shape index (κ2) is 5.70. The summed E-state index contributed by atoms with van der Waals surface area (Å²) in [6.07, 6.45) is 6.20. The van der Waals surface area contributed by atoms with E-state index in [1.807, 2.05) is 20.8 Å². The highest BCUT2D eigenvalue weighted by Crippen LogP contribution is 2.31. The van der Waals surface area contributed by atoms with Crippen molar-refractivity contribution in [3.63, 3.8) is 0 Å². The molecule has 0 aromatic rings. The maximum Gasteiger partial charge on any atom is 0.407 e. The van der Waals surface area contributed by atoms with Crippen molar-refractivity contribution >= 4 is 6.09 Å². The van der Waals surface area contributed by atoms with Gasteiger partial charge in [-0.25, -0.2) is 4.79 Å². The predicted octanol–water partition coefficient (Wildman–Crippen LogP) is 2.82. The maximum absolute atomic E-state index is 11.6. The van der Waals surface area contributed by atoms with Crippen LogP contribution in [0.2, 0.25) is 0 Å². The lowest BCUT2D eigenvalue weighted by atomic mass is 9.81. The van der Waals surface area contributed by atoms with Crippen molar-refractivity contribution in [2.75, 3.05) is 0 Å². The number of rotatable bonds is 5. The molecule has 0 radical (unpaired) electrons. The second-order valence-electron chi connectivity index (χ2n) is 7.20. The summed E-state index contributed by atoms with van der Waals surface area (Å²) in [6, 6.07) is 1.24. The number of amides is 1. The third-order valence-corrected chi connectivity index (χ3v) is 3.90. The van der Waals surface area contributed by atoms with Crippen LogP contribution in [0.25, 0.3) is 0 Å². The van der Waals surface area contributed by atoms with Crippen LogP contribution in [0.1, 0.15) is 59.8 Å². The lowest BCUT2D eigenvalue weighted by molar-refractivity contribution is 0.0521. The number of hydrogen-bond donors (Lipinski definition) is 2. The fourth-order valence-electron chi connectivity index (χ4n) is 2.66. The van der Waals surface area contributed by atoms with Gasteiger partial charge in [0.05, 0.1) is 0 Å². The Kier molecular flexibility index (Phi) is 4.39. The lowest BCUT2D eigenvalue weighted by Gasteiger charge is -2.28. The van der Waals surface area contributed by atoms with E-state index in [0.717, 1.165) is 12.3 Å². The normalized spacial score (nSPS) is 28.4. The molecule has 2 N–H and O–H groups in total. The lowest BCUT2D eigenvalue weighted by Crippen LogP contribution is -2.39. The van der Waals surface area contributed by atoms with E-state index in [1.165, 1.54) is 25.7 Å². The Morgan fingerprint density at radius 1 is 1.32 bits per heavy atom. The Bertz CT molecular complexity index is 321. The van der Waals surface area contributed by atoms with E-state index in [2.05, 4.69) is 17.6 Å². The van der Waals surface area contributed by atoms with Crippen molar-refractivity contribution in [2.24, 2.45) is 5.92 Å². The molecule has 3 atom stereocenters. The number of ether oxygens (including phenoxy) is 1. The average molecular weight is 268 g/mol. The second-order valence-corrected chi connectivity index (χ2v) is 7.20. The number of carbonyl (C=O) groups is 1. The van der Waals surface area contributed by atoms with E-state index in [1.54, 1.807) is 0 Å². The van der Waals surface area contributed by atoms with Crippen LogP contribution in [0.5, 0.6) is 0 Å². The van der Waals surface area contributed by atoms with E-state index in [-0.39, 0.29) is 12.1 Å². The zero-order chi connectivity index (χ0) is 14.0. The smallest absolute Gasteiger partial charge is 0.407 e. The molecule has 19 heavy (non-hydrogen) atoms. The zero-order valence-corrected chi connectivity index (χ0v) is 12.7. The van der Waals surface area contributed by atoms with Gasteiger partial charge in [-0.3, -0.25) is 0 Å². The SMILES string of the molecule is CC(CC1CCC1)NC1CC1NC(=O)OC(C)(C)C. The molecule has 0 saturated heterocycles. The quantitative estimate of drug-likeness (QED) is 0.806. The van der Waals surface area contributed by atoms with Gasteiger partial charge >= 0.3 is 6.09 Å². The van der Waals surface area contributed by atoms with Crippen LogP contribution >= 0.6 is 0 Å². The van der Waals surface area contributed by atoms with Gasteiger partial charge in [0, 0.05) is 18.1 Å². The molecule has 110 valence electrons. The van der Waals surface area contributed by atoms with Gasteiger partial charge in [0.1, 0.15) is 5.60 Å². The van der Waals surface area contributed by atoms with E-state index in [4.69, 9.17) is 4.74 Å². The van der Waals surface area contributed by atoms with Crippen molar-refractivity contribution in [1.29, 1.82) is 0 Å². The van der Waals surface area contributed by atoms with Crippen molar-refractivity contribution < 1.29 is 9.53 Å². The van der Waals surface area contributed by atoms with E-state index in [0.29, 0.717) is 12.1 Å². The average Bonchev–Trinajstić information content (AvgIpc) is 2.86. The summed E-state index contributed by atoms with van der Waals surface area (Å²) >= 11 is 0. The molecule has 0 bridgehead atoms. The zero-order valence-electron chi connectivity index (χ0n) is 12.7. The maximum atomic E-state index is 11.6. The summed E-state index contributed by atoms with van der Waals surface area (Å²) in [7, 11) is 0. The first-order valence-corrected chi connectivity index (χ1v) is 7.59. The highest BCUT2D eigenvalue weighted by Gasteiger charge is 2.40. The molecule has 0 aliphatic heterocycles. The van der Waals surface area contributed by atoms with Crippen LogP contribution in [0.3, 0.4) is 0 Å². The Morgan fingerprint density at radius 3 is 2.53 bits per heavy atom. The standard InChI is InChI=1S/C15H28N2O2/c1-10(8-11-6-5-7-11)16-12-9-13(12)17-14(18)19-15(2,3)4/h10-13,16H,5-9H2,1-4H3,(H,17,18). The van der Waals surface area contributed by atoms with Gasteiger partial charge < -0.3 is 15.4 Å². The summed E-state index contributed by atoms with van der Waals surface area (Å²) in [5.74, 6) is 0.929. The molecule has 0 aromatic carbocycles. The predicted molar refractivity (Wildman–Crippen MR) is 76.1 cm³/mol. The summed E-state index contributed by atoms with van der Waals surface area (Å²) < 4.78 is 5.26. The topological polar surface area (TPSA) is 50.4 Å². The minimum Gasteiger partial charge on any atom is -0.444 e. The molecule has 0 aromatic heterocycles. The van der Waals surface area contributed by atoms with Gasteiger partial charge in [-0.2, -0.15) is 0 Å². The number of hydrogen-bond acceptors (Lipinski definition) is 3. The van der Waals surface area contributed by atoms with Gasteiger partial charge in [0.25, 0.3) is 0 Å². The van der Waals surface area contributed by atoms with Gasteiger partial charge in [0.15, 0.2) is 0 Å². The first kappa shape index (κ1) is 14.6. The third kappa shape index (κ3) is 5.01. The Morgan fingerprint density at radius 2 is 2.00 bits per heavy atom. The highest BCUT2D eigenvalue weighted by molar-refractivity contribution is 5.68. The molecule has 2 saturated carbocycles. The molecule has 2 aliphatic carbocycles. The molecule has 0 spiro atoms. The molecule has 3 unspecified atom stereocenters. The third-order valence-electron chi connectivity index (χ3n) is 3.90. The molecule has 4 heteroatoms. The Hall–Kier alpha value is -0.770. The van der Waals surface area contributed by atoms with E-state index < -0.39 is 5.60 Å². The summed E-state index contributed by atoms with van der Waals surface area (Å²) in [5, 5.41) is 6.52. The monoisotopic (exact) mass is 268 g/mol. The molecule has 4 nitrogen and oxygen atoms in total. The van der Waals surface area contributed by atoms with Crippen LogP contribution in [-0.4, -0.2) is 29.8 Å². The van der Waals surface area contributed by atoms with E-state index in [9.17, 15) is 4.79 Å². The van der Waals surface area contributed by atoms with Crippen LogP contribution < -0.4 is 10.6 Å². The molecule has 1 amide bonds. The van der Waals surface area contributed by atoms with Crippen LogP contribution in [-0.2, 0) is 4.74 Å². The molecular weight excluding hydrogens is 240 g/mol. The molecular formula is C15H28N2O2. The fourth-order valence-corrected chi connectivity index (χ4v) is 2.66. The van der Waals surface area contributed by atoms with E-state index >= 15 is 0 Å². The number of carbonyl (C=O) groups excluding carboxylic acids is 1. The van der Waals surface area contributed by atoms with Gasteiger partial charge in [-0.05, 0) is 46.5 Å². The first-order chi connectivity index (χ1) is 8.83. The minimum atomic E-state index is -0.417. The summed E-state index contributed by atoms with van der Waals surface area (Å²) in [5.41, 5.74) is -0.417. The number of nitrogens with one attached hydrogen (secondary N) is 2. The molecule has 0 heterocycles. The fraction of sp³-hybridized carbons (Fsp3) is 0.933. The van der Waals surface area contributed by atoms with Gasteiger partial charge in [0.2, 0.25) is 0 Å². The van der Waals surface area contributed by atoms with Crippen molar-refractivity contribution in [2.45, 2.75) is 83.5 Å². The van der Waals surface area contributed by atoms with Gasteiger partial charge in [-0.15, -0.1) is 0 Å². The van der Waals surface area contributed by atoms with Crippen molar-refractivity contribution in [3.05, 3.63) is 0 Å². The first-order valence-electron chi connectivity index (χ1n) is 7.59. The summed E-state index contributed by atoms with van der Waals surface area (Å²) in [4.78, 5) is 11.6.